The van der Waals surface area contributed by atoms with Crippen LogP contribution in [0.1, 0.15) is 47.3 Å². The molecule has 0 aliphatic rings. The number of nitrogens with one attached hydrogen (secondary N) is 4. The zero-order valence-electron chi connectivity index (χ0n) is 25.4. The van der Waals surface area contributed by atoms with E-state index >= 15 is 0 Å². The predicted octanol–water partition coefficient (Wildman–Crippen LogP) is 2.69. The van der Waals surface area contributed by atoms with Crippen LogP contribution in [0.25, 0.3) is 11.1 Å². The van der Waals surface area contributed by atoms with Crippen molar-refractivity contribution < 1.29 is 19.5 Å². The summed E-state index contributed by atoms with van der Waals surface area (Å²) in [6, 6.07) is 15.4. The standard InChI is InChI=1S/C31H40ClN9O4/c1-41(2)18-16-23(30(44)45)37-24(42)15-10-20-8-13-22(14-9-20)21-11-6-19(7-12-21)5-3-4-17-36-31(35)40-29(43)25-27(33)39-28(34)26(32)38-25/h6-9,11-14,23H,3-5,10,15-18H2,1-2H3,(H,37,42)(H,44,45)(H4,33,34,39)(H3,35,36,40,43). The Labute approximate surface area is 267 Å². The molecule has 3 rings (SSSR count). The Bertz CT molecular complexity index is 1480. The molecule has 240 valence electrons. The van der Waals surface area contributed by atoms with Gasteiger partial charge in [0.25, 0.3) is 5.91 Å². The number of carboxylic acid groups (broad SMARTS) is 1. The number of guanidine groups is 1. The van der Waals surface area contributed by atoms with E-state index in [1.54, 1.807) is 0 Å². The summed E-state index contributed by atoms with van der Waals surface area (Å²) in [7, 11) is 3.72. The Morgan fingerprint density at radius 3 is 2.11 bits per heavy atom. The first-order valence-corrected chi connectivity index (χ1v) is 14.9. The number of unbranched alkanes of at least 4 members (excludes halogenated alkanes) is 1. The molecule has 1 aromatic heterocycles. The molecule has 2 aromatic carbocycles. The van der Waals surface area contributed by atoms with Crippen molar-refractivity contribution in [3.63, 3.8) is 0 Å². The molecule has 13 nitrogen and oxygen atoms in total. The zero-order valence-corrected chi connectivity index (χ0v) is 26.2. The minimum absolute atomic E-state index is 0.0794. The molecule has 9 N–H and O–H groups in total. The van der Waals surface area contributed by atoms with E-state index < -0.39 is 17.9 Å². The second-order valence-electron chi connectivity index (χ2n) is 10.8. The van der Waals surface area contributed by atoms with Gasteiger partial charge in [-0.2, -0.15) is 0 Å². The van der Waals surface area contributed by atoms with E-state index in [0.717, 1.165) is 36.0 Å². The van der Waals surface area contributed by atoms with Crippen LogP contribution in [0.2, 0.25) is 5.15 Å². The molecule has 0 spiro atoms. The number of aromatic nitrogens is 2. The summed E-state index contributed by atoms with van der Waals surface area (Å²) in [5.74, 6) is -2.45. The highest BCUT2D eigenvalue weighted by Crippen LogP contribution is 2.22. The largest absolute Gasteiger partial charge is 0.480 e. The van der Waals surface area contributed by atoms with Crippen LogP contribution in [0.15, 0.2) is 48.5 Å². The van der Waals surface area contributed by atoms with Crippen molar-refractivity contribution in [1.82, 2.24) is 30.8 Å². The van der Waals surface area contributed by atoms with Gasteiger partial charge >= 0.3 is 5.97 Å². The summed E-state index contributed by atoms with van der Waals surface area (Å²) >= 11 is 5.80. The Morgan fingerprint density at radius 1 is 0.933 bits per heavy atom. The topological polar surface area (TPSA) is 212 Å². The fourth-order valence-corrected chi connectivity index (χ4v) is 4.52. The van der Waals surface area contributed by atoms with Gasteiger partial charge in [0.15, 0.2) is 28.4 Å². The fourth-order valence-electron chi connectivity index (χ4n) is 4.39. The second-order valence-corrected chi connectivity index (χ2v) is 11.1. The summed E-state index contributed by atoms with van der Waals surface area (Å²) < 4.78 is 0. The maximum absolute atomic E-state index is 12.3. The van der Waals surface area contributed by atoms with Crippen molar-refractivity contribution in [3.8, 4) is 11.1 Å². The van der Waals surface area contributed by atoms with Gasteiger partial charge in [0.1, 0.15) is 6.04 Å². The normalized spacial score (nSPS) is 11.6. The maximum atomic E-state index is 12.3. The molecule has 0 saturated heterocycles. The quantitative estimate of drug-likeness (QED) is 0.0735. The van der Waals surface area contributed by atoms with Crippen molar-refractivity contribution >= 4 is 47.0 Å². The maximum Gasteiger partial charge on any atom is 0.326 e. The van der Waals surface area contributed by atoms with Crippen molar-refractivity contribution in [2.75, 3.05) is 38.7 Å². The number of nitrogens with zero attached hydrogens (tertiary/aromatic N) is 3. The van der Waals surface area contributed by atoms with E-state index in [9.17, 15) is 19.5 Å². The molecule has 0 saturated carbocycles. The lowest BCUT2D eigenvalue weighted by Crippen LogP contribution is -2.42. The molecule has 0 bridgehead atoms. The number of rotatable bonds is 15. The number of aryl methyl sites for hydroxylation is 2. The molecule has 0 aliphatic carbocycles. The minimum atomic E-state index is -1.03. The van der Waals surface area contributed by atoms with Crippen LogP contribution in [0, 0.1) is 5.41 Å². The van der Waals surface area contributed by atoms with Crippen LogP contribution >= 0.6 is 11.6 Å². The molecule has 14 heteroatoms. The number of hydrogen-bond acceptors (Lipinski definition) is 9. The van der Waals surface area contributed by atoms with Crippen LogP contribution in [-0.4, -0.2) is 76.9 Å². The highest BCUT2D eigenvalue weighted by atomic mass is 35.5. The van der Waals surface area contributed by atoms with Gasteiger partial charge in [-0.25, -0.2) is 14.8 Å². The van der Waals surface area contributed by atoms with E-state index in [1.807, 2.05) is 43.3 Å². The van der Waals surface area contributed by atoms with E-state index in [2.05, 4.69) is 50.2 Å². The monoisotopic (exact) mass is 637 g/mol. The van der Waals surface area contributed by atoms with Gasteiger partial charge in [0, 0.05) is 19.5 Å². The number of amides is 2. The molecule has 1 atom stereocenters. The highest BCUT2D eigenvalue weighted by Gasteiger charge is 2.20. The lowest BCUT2D eigenvalue weighted by atomic mass is 9.99. The summed E-state index contributed by atoms with van der Waals surface area (Å²) in [5, 5.41) is 25.0. The number of nitrogen functional groups attached to an aromatic ring is 2. The van der Waals surface area contributed by atoms with Crippen LogP contribution < -0.4 is 27.4 Å². The van der Waals surface area contributed by atoms with Gasteiger partial charge in [0.2, 0.25) is 5.91 Å². The number of carbonyl (C=O) groups is 3. The van der Waals surface area contributed by atoms with Gasteiger partial charge in [-0.15, -0.1) is 0 Å². The smallest absolute Gasteiger partial charge is 0.326 e. The minimum Gasteiger partial charge on any atom is -0.480 e. The summed E-state index contributed by atoms with van der Waals surface area (Å²) in [4.78, 5) is 45.5. The average Bonchev–Trinajstić information content (AvgIpc) is 3.00. The molecule has 3 aromatic rings. The Balaban J connectivity index is 1.37. The molecule has 2 amide bonds. The molecule has 1 heterocycles. The SMILES string of the molecule is CN(C)CCC(NC(=O)CCc1ccc(-c2ccc(CCCCNC(=N)NC(=O)c3nc(Cl)c(N)nc3N)cc2)cc1)C(=O)O. The second kappa shape index (κ2) is 16.9. The Morgan fingerprint density at radius 2 is 1.53 bits per heavy atom. The van der Waals surface area contributed by atoms with Gasteiger partial charge in [-0.05, 0) is 68.5 Å². The van der Waals surface area contributed by atoms with Crippen molar-refractivity contribution in [1.29, 1.82) is 5.41 Å². The van der Waals surface area contributed by atoms with E-state index in [-0.39, 0.29) is 40.8 Å². The summed E-state index contributed by atoms with van der Waals surface area (Å²) in [6.45, 7) is 1.06. The molecular formula is C31H40ClN9O4. The molecule has 0 radical (unpaired) electrons. The van der Waals surface area contributed by atoms with E-state index in [4.69, 9.17) is 28.5 Å². The third-order valence-corrected chi connectivity index (χ3v) is 7.21. The van der Waals surface area contributed by atoms with Crippen molar-refractivity contribution in [2.45, 2.75) is 44.6 Å². The first-order chi connectivity index (χ1) is 21.4. The average molecular weight is 638 g/mol. The Hall–Kier alpha value is -4.75. The number of aliphatic carboxylic acids is 1. The molecule has 0 aliphatic heterocycles. The third-order valence-electron chi connectivity index (χ3n) is 6.93. The van der Waals surface area contributed by atoms with Crippen molar-refractivity contribution in [3.05, 3.63) is 70.5 Å². The van der Waals surface area contributed by atoms with Crippen LogP contribution in [0.5, 0.6) is 0 Å². The van der Waals surface area contributed by atoms with Crippen LogP contribution in [-0.2, 0) is 22.4 Å². The van der Waals surface area contributed by atoms with Gasteiger partial charge in [-0.1, -0.05) is 60.1 Å². The number of carbonyl (C=O) groups excluding carboxylic acids is 2. The molecule has 1 unspecified atom stereocenters. The van der Waals surface area contributed by atoms with Gasteiger partial charge in [0.05, 0.1) is 0 Å². The van der Waals surface area contributed by atoms with Gasteiger partial charge < -0.3 is 32.1 Å². The number of benzene rings is 2. The number of carboxylic acids is 1. The third kappa shape index (κ3) is 11.4. The number of hydrogen-bond donors (Lipinski definition) is 7. The Kier molecular flexibility index (Phi) is 13.1. The number of anilines is 2. The first kappa shape index (κ1) is 34.7. The lowest BCUT2D eigenvalue weighted by molar-refractivity contribution is -0.142. The van der Waals surface area contributed by atoms with Crippen LogP contribution in [0.4, 0.5) is 11.6 Å². The van der Waals surface area contributed by atoms with Crippen molar-refractivity contribution in [2.24, 2.45) is 0 Å². The zero-order chi connectivity index (χ0) is 32.9. The van der Waals surface area contributed by atoms with Gasteiger partial charge in [-0.3, -0.25) is 20.3 Å². The number of nitrogens with two attached hydrogens (primary N) is 2. The lowest BCUT2D eigenvalue weighted by Gasteiger charge is -2.17. The fraction of sp³-hybridized carbons (Fsp3) is 0.355. The van der Waals surface area contributed by atoms with Crippen LogP contribution in [0.3, 0.4) is 0 Å². The highest BCUT2D eigenvalue weighted by molar-refractivity contribution is 6.31. The molecule has 45 heavy (non-hydrogen) atoms. The summed E-state index contributed by atoms with van der Waals surface area (Å²) in [5.41, 5.74) is 15.3. The summed E-state index contributed by atoms with van der Waals surface area (Å²) in [6.07, 6.45) is 3.60. The van der Waals surface area contributed by atoms with E-state index in [1.165, 1.54) is 5.56 Å². The first-order valence-electron chi connectivity index (χ1n) is 14.5. The predicted molar refractivity (Wildman–Crippen MR) is 175 cm³/mol. The number of halogens is 1. The molecule has 0 fully saturated rings. The molecular weight excluding hydrogens is 598 g/mol. The van der Waals surface area contributed by atoms with E-state index in [0.29, 0.717) is 25.9 Å².